The van der Waals surface area contributed by atoms with Gasteiger partial charge >= 0.3 is 6.03 Å². The minimum atomic E-state index is -0.415. The largest absolute Gasteiger partial charge is 0.349 e. The smallest absolute Gasteiger partial charge is 0.323 e. The maximum absolute atomic E-state index is 12.5. The van der Waals surface area contributed by atoms with Crippen LogP contribution in [0.5, 0.6) is 0 Å². The minimum absolute atomic E-state index is 0.100. The summed E-state index contributed by atoms with van der Waals surface area (Å²) in [5.74, 6) is -0.434. The van der Waals surface area contributed by atoms with Crippen molar-refractivity contribution >= 4 is 34.9 Å². The molecule has 1 atom stereocenters. The molecule has 0 spiro atoms. The topological polar surface area (TPSA) is 99.3 Å². The fourth-order valence-electron chi connectivity index (χ4n) is 3.03. The first-order valence-corrected chi connectivity index (χ1v) is 9.84. The summed E-state index contributed by atoms with van der Waals surface area (Å²) < 4.78 is 0. The molecule has 31 heavy (non-hydrogen) atoms. The van der Waals surface area contributed by atoms with E-state index in [0.29, 0.717) is 17.1 Å². The number of rotatable bonds is 7. The van der Waals surface area contributed by atoms with Gasteiger partial charge in [-0.05, 0) is 42.0 Å². The lowest BCUT2D eigenvalue weighted by Crippen LogP contribution is -2.29. The Morgan fingerprint density at radius 3 is 1.71 bits per heavy atom. The van der Waals surface area contributed by atoms with Crippen LogP contribution < -0.4 is 21.3 Å². The Bertz CT molecular complexity index is 1020. The Morgan fingerprint density at radius 1 is 0.677 bits per heavy atom. The number of anilines is 3. The second kappa shape index (κ2) is 10.6. The third kappa shape index (κ3) is 7.01. The zero-order valence-corrected chi connectivity index (χ0v) is 17.1. The zero-order valence-electron chi connectivity index (χ0n) is 17.1. The van der Waals surface area contributed by atoms with E-state index >= 15 is 0 Å². The van der Waals surface area contributed by atoms with Gasteiger partial charge < -0.3 is 21.3 Å². The average Bonchev–Trinajstić information content (AvgIpc) is 2.75. The fraction of sp³-hybridized carbons (Fsp3) is 0.125. The standard InChI is InChI=1S/C24H24N4O3/c1-17(29)25-22(18-8-4-2-5-9-18)16-23(30)26-20-12-14-21(15-13-20)28-24(31)27-19-10-6-3-7-11-19/h2-15,22H,16H2,1H3,(H,25,29)(H,26,30)(H2,27,28,31). The molecule has 0 saturated heterocycles. The van der Waals surface area contributed by atoms with E-state index in [1.54, 1.807) is 36.4 Å². The predicted octanol–water partition coefficient (Wildman–Crippen LogP) is 4.54. The first kappa shape index (κ1) is 21.6. The van der Waals surface area contributed by atoms with Crippen molar-refractivity contribution in [1.29, 1.82) is 0 Å². The van der Waals surface area contributed by atoms with Crippen LogP contribution in [0, 0.1) is 0 Å². The number of nitrogens with one attached hydrogen (secondary N) is 4. The lowest BCUT2D eigenvalue weighted by atomic mass is 10.0. The molecular formula is C24H24N4O3. The summed E-state index contributed by atoms with van der Waals surface area (Å²) in [6.07, 6.45) is 0.100. The third-order valence-electron chi connectivity index (χ3n) is 4.43. The van der Waals surface area contributed by atoms with Crippen molar-refractivity contribution in [2.24, 2.45) is 0 Å². The van der Waals surface area contributed by atoms with E-state index < -0.39 is 6.04 Å². The van der Waals surface area contributed by atoms with Gasteiger partial charge in [-0.3, -0.25) is 9.59 Å². The van der Waals surface area contributed by atoms with Crippen LogP contribution in [0.4, 0.5) is 21.9 Å². The third-order valence-corrected chi connectivity index (χ3v) is 4.43. The van der Waals surface area contributed by atoms with E-state index in [4.69, 9.17) is 0 Å². The number of carbonyl (C=O) groups excluding carboxylic acids is 3. The van der Waals surface area contributed by atoms with Crippen molar-refractivity contribution in [2.75, 3.05) is 16.0 Å². The van der Waals surface area contributed by atoms with Gasteiger partial charge in [-0.25, -0.2) is 4.79 Å². The molecule has 158 valence electrons. The highest BCUT2D eigenvalue weighted by atomic mass is 16.2. The Balaban J connectivity index is 1.55. The zero-order chi connectivity index (χ0) is 22.1. The molecule has 0 aromatic heterocycles. The van der Waals surface area contributed by atoms with Gasteiger partial charge in [0.2, 0.25) is 11.8 Å². The Kier molecular flexibility index (Phi) is 7.37. The summed E-state index contributed by atoms with van der Waals surface area (Å²) in [6.45, 7) is 1.42. The van der Waals surface area contributed by atoms with Gasteiger partial charge in [0.15, 0.2) is 0 Å². The molecule has 7 nitrogen and oxygen atoms in total. The molecule has 4 amide bonds. The van der Waals surface area contributed by atoms with Crippen LogP contribution in [0.15, 0.2) is 84.9 Å². The molecule has 0 heterocycles. The second-order valence-electron chi connectivity index (χ2n) is 6.94. The van der Waals surface area contributed by atoms with Crippen LogP contribution in [0.1, 0.15) is 24.9 Å². The minimum Gasteiger partial charge on any atom is -0.349 e. The summed E-state index contributed by atoms with van der Waals surface area (Å²) in [7, 11) is 0. The maximum Gasteiger partial charge on any atom is 0.323 e. The number of hydrogen-bond donors (Lipinski definition) is 4. The fourth-order valence-corrected chi connectivity index (χ4v) is 3.03. The van der Waals surface area contributed by atoms with Crippen LogP contribution in [0.2, 0.25) is 0 Å². The highest BCUT2D eigenvalue weighted by Crippen LogP contribution is 2.19. The molecule has 7 heteroatoms. The summed E-state index contributed by atoms with van der Waals surface area (Å²) in [5, 5.41) is 11.1. The molecule has 0 bridgehead atoms. The molecule has 0 aliphatic heterocycles. The second-order valence-corrected chi connectivity index (χ2v) is 6.94. The molecule has 4 N–H and O–H groups in total. The Labute approximate surface area is 180 Å². The lowest BCUT2D eigenvalue weighted by Gasteiger charge is -2.18. The van der Waals surface area contributed by atoms with Gasteiger partial charge in [0.1, 0.15) is 0 Å². The summed E-state index contributed by atoms with van der Waals surface area (Å²) in [6, 6.07) is 24.5. The molecule has 0 saturated carbocycles. The van der Waals surface area contributed by atoms with E-state index in [1.165, 1.54) is 6.92 Å². The van der Waals surface area contributed by atoms with Crippen molar-refractivity contribution in [1.82, 2.24) is 5.32 Å². The summed E-state index contributed by atoms with van der Waals surface area (Å²) in [5.41, 5.74) is 2.73. The first-order valence-electron chi connectivity index (χ1n) is 9.84. The molecule has 0 aliphatic rings. The van der Waals surface area contributed by atoms with Gasteiger partial charge in [-0.15, -0.1) is 0 Å². The average molecular weight is 416 g/mol. The molecule has 3 aromatic rings. The molecule has 3 rings (SSSR count). The van der Waals surface area contributed by atoms with Crippen LogP contribution in [0.25, 0.3) is 0 Å². The predicted molar refractivity (Wildman–Crippen MR) is 122 cm³/mol. The SMILES string of the molecule is CC(=O)NC(CC(=O)Nc1ccc(NC(=O)Nc2ccccc2)cc1)c1ccccc1. The summed E-state index contributed by atoms with van der Waals surface area (Å²) in [4.78, 5) is 36.1. The van der Waals surface area contributed by atoms with Crippen LogP contribution >= 0.6 is 0 Å². The lowest BCUT2D eigenvalue weighted by molar-refractivity contribution is -0.120. The molecule has 0 fully saturated rings. The van der Waals surface area contributed by atoms with Crippen molar-refractivity contribution in [3.63, 3.8) is 0 Å². The van der Waals surface area contributed by atoms with Crippen LogP contribution in [-0.4, -0.2) is 17.8 Å². The number of para-hydroxylation sites is 1. The van der Waals surface area contributed by atoms with Crippen molar-refractivity contribution in [3.05, 3.63) is 90.5 Å². The monoisotopic (exact) mass is 416 g/mol. The normalized spacial score (nSPS) is 11.1. The Morgan fingerprint density at radius 2 is 1.16 bits per heavy atom. The van der Waals surface area contributed by atoms with Crippen LogP contribution in [0.3, 0.4) is 0 Å². The quantitative estimate of drug-likeness (QED) is 0.455. The molecule has 0 radical (unpaired) electrons. The van der Waals surface area contributed by atoms with E-state index in [9.17, 15) is 14.4 Å². The molecule has 0 aliphatic carbocycles. The van der Waals surface area contributed by atoms with Crippen LogP contribution in [-0.2, 0) is 9.59 Å². The van der Waals surface area contributed by atoms with Crippen molar-refractivity contribution < 1.29 is 14.4 Å². The number of urea groups is 1. The van der Waals surface area contributed by atoms with E-state index in [0.717, 1.165) is 5.56 Å². The van der Waals surface area contributed by atoms with Gasteiger partial charge in [0.25, 0.3) is 0 Å². The van der Waals surface area contributed by atoms with E-state index in [-0.39, 0.29) is 24.3 Å². The highest BCUT2D eigenvalue weighted by Gasteiger charge is 2.17. The van der Waals surface area contributed by atoms with E-state index in [1.807, 2.05) is 48.5 Å². The summed E-state index contributed by atoms with van der Waals surface area (Å²) >= 11 is 0. The van der Waals surface area contributed by atoms with Gasteiger partial charge in [0, 0.05) is 24.0 Å². The molecule has 3 aromatic carbocycles. The maximum atomic E-state index is 12.5. The van der Waals surface area contributed by atoms with Crippen molar-refractivity contribution in [3.8, 4) is 0 Å². The first-order chi connectivity index (χ1) is 15.0. The number of amides is 4. The number of benzene rings is 3. The van der Waals surface area contributed by atoms with Gasteiger partial charge in [-0.1, -0.05) is 48.5 Å². The van der Waals surface area contributed by atoms with Gasteiger partial charge in [0.05, 0.1) is 12.5 Å². The molecule has 1 unspecified atom stereocenters. The van der Waals surface area contributed by atoms with Crippen molar-refractivity contribution in [2.45, 2.75) is 19.4 Å². The number of hydrogen-bond acceptors (Lipinski definition) is 3. The van der Waals surface area contributed by atoms with E-state index in [2.05, 4.69) is 21.3 Å². The highest BCUT2D eigenvalue weighted by molar-refractivity contribution is 6.00. The molecular weight excluding hydrogens is 392 g/mol. The Hall–Kier alpha value is -4.13. The van der Waals surface area contributed by atoms with Gasteiger partial charge in [-0.2, -0.15) is 0 Å². The number of carbonyl (C=O) groups is 3.